The van der Waals surface area contributed by atoms with E-state index in [1.54, 1.807) is 6.07 Å². The summed E-state index contributed by atoms with van der Waals surface area (Å²) in [5.74, 6) is -0.279. The number of hydrogen-bond acceptors (Lipinski definition) is 4. The van der Waals surface area contributed by atoms with E-state index in [4.69, 9.17) is 10.9 Å². The highest BCUT2D eigenvalue weighted by Gasteiger charge is 2.22. The smallest absolute Gasteiger partial charge is 0.170 e. The van der Waals surface area contributed by atoms with Crippen molar-refractivity contribution >= 4 is 5.84 Å². The van der Waals surface area contributed by atoms with Gasteiger partial charge in [0.15, 0.2) is 5.84 Å². The van der Waals surface area contributed by atoms with E-state index in [0.717, 1.165) is 31.2 Å². The Bertz CT molecular complexity index is 508. The Kier molecular flexibility index (Phi) is 5.52. The fourth-order valence-corrected chi connectivity index (χ4v) is 2.81. The number of hydrogen-bond donors (Lipinski definition) is 4. The van der Waals surface area contributed by atoms with Crippen molar-refractivity contribution in [3.8, 4) is 0 Å². The van der Waals surface area contributed by atoms with E-state index in [-0.39, 0.29) is 17.9 Å². The third-order valence-electron chi connectivity index (χ3n) is 4.05. The third-order valence-corrected chi connectivity index (χ3v) is 4.05. The van der Waals surface area contributed by atoms with Gasteiger partial charge in [0.05, 0.1) is 6.10 Å². The van der Waals surface area contributed by atoms with Crippen molar-refractivity contribution in [2.75, 3.05) is 6.54 Å². The molecule has 1 aromatic rings. The molecule has 0 bridgehead atoms. The number of nitrogens with zero attached hydrogens (tertiary/aromatic N) is 1. The number of amidine groups is 1. The summed E-state index contributed by atoms with van der Waals surface area (Å²) in [5.41, 5.74) is 6.71. The monoisotopic (exact) mass is 295 g/mol. The molecule has 0 saturated heterocycles. The minimum Gasteiger partial charge on any atom is -0.409 e. The van der Waals surface area contributed by atoms with Crippen LogP contribution in [-0.2, 0) is 6.54 Å². The molecule has 0 amide bonds. The number of nitrogens with two attached hydrogens (primary N) is 1. The van der Waals surface area contributed by atoms with Crippen LogP contribution < -0.4 is 11.1 Å². The molecule has 0 aromatic heterocycles. The second-order valence-corrected chi connectivity index (χ2v) is 5.53. The van der Waals surface area contributed by atoms with Crippen LogP contribution in [0.1, 0.15) is 36.8 Å². The van der Waals surface area contributed by atoms with Gasteiger partial charge in [-0.3, -0.25) is 0 Å². The molecule has 0 spiro atoms. The fraction of sp³-hybridized carbons (Fsp3) is 0.533. The van der Waals surface area contributed by atoms with Crippen molar-refractivity contribution in [2.24, 2.45) is 16.8 Å². The first-order valence-corrected chi connectivity index (χ1v) is 7.27. The van der Waals surface area contributed by atoms with Gasteiger partial charge in [-0.15, -0.1) is 0 Å². The van der Waals surface area contributed by atoms with Gasteiger partial charge in [-0.2, -0.15) is 0 Å². The molecule has 1 aliphatic carbocycles. The molecular formula is C15H22FN3O2. The Hall–Kier alpha value is -1.66. The Morgan fingerprint density at radius 1 is 1.38 bits per heavy atom. The first-order chi connectivity index (χ1) is 10.1. The summed E-state index contributed by atoms with van der Waals surface area (Å²) in [5, 5.41) is 24.9. The lowest BCUT2D eigenvalue weighted by atomic mass is 9.86. The Labute approximate surface area is 123 Å². The Balaban J connectivity index is 1.96. The summed E-state index contributed by atoms with van der Waals surface area (Å²) >= 11 is 0. The van der Waals surface area contributed by atoms with Gasteiger partial charge >= 0.3 is 0 Å². The number of aliphatic hydroxyl groups is 1. The maximum absolute atomic E-state index is 13.3. The molecule has 2 unspecified atom stereocenters. The van der Waals surface area contributed by atoms with Gasteiger partial charge in [-0.1, -0.05) is 24.1 Å². The van der Waals surface area contributed by atoms with E-state index >= 15 is 0 Å². The first-order valence-electron chi connectivity index (χ1n) is 7.27. The molecule has 1 fully saturated rings. The second-order valence-electron chi connectivity index (χ2n) is 5.53. The maximum atomic E-state index is 13.3. The van der Waals surface area contributed by atoms with Crippen LogP contribution in [0.3, 0.4) is 0 Å². The molecule has 1 aliphatic rings. The predicted octanol–water partition coefficient (Wildman–Crippen LogP) is 1.56. The van der Waals surface area contributed by atoms with E-state index in [1.807, 2.05) is 0 Å². The number of benzene rings is 1. The third kappa shape index (κ3) is 4.15. The standard InChI is InChI=1S/C15H22FN3O2/c16-12-6-5-10(13(7-12)15(17)19-21)8-18-9-11-3-1-2-4-14(11)20/h5-7,11,14,18,20-21H,1-4,8-9H2,(H2,17,19). The number of oxime groups is 1. The van der Waals surface area contributed by atoms with Crippen molar-refractivity contribution in [1.29, 1.82) is 0 Å². The largest absolute Gasteiger partial charge is 0.409 e. The molecule has 5 N–H and O–H groups in total. The van der Waals surface area contributed by atoms with Gasteiger partial charge in [0.1, 0.15) is 5.82 Å². The molecule has 2 atom stereocenters. The molecule has 6 heteroatoms. The summed E-state index contributed by atoms with van der Waals surface area (Å²) in [6.45, 7) is 1.18. The average Bonchev–Trinajstić information content (AvgIpc) is 2.49. The summed E-state index contributed by atoms with van der Waals surface area (Å²) in [6, 6.07) is 4.22. The van der Waals surface area contributed by atoms with E-state index in [2.05, 4.69) is 10.5 Å². The van der Waals surface area contributed by atoms with Crippen molar-refractivity contribution < 1.29 is 14.7 Å². The SMILES string of the molecule is NC(=NO)c1cc(F)ccc1CNCC1CCCCC1O. The molecule has 5 nitrogen and oxygen atoms in total. The predicted molar refractivity (Wildman–Crippen MR) is 78.6 cm³/mol. The molecule has 0 aliphatic heterocycles. The molecule has 21 heavy (non-hydrogen) atoms. The highest BCUT2D eigenvalue weighted by molar-refractivity contribution is 5.98. The van der Waals surface area contributed by atoms with Gasteiger partial charge in [0.2, 0.25) is 0 Å². The molecule has 1 saturated carbocycles. The number of aliphatic hydroxyl groups excluding tert-OH is 1. The van der Waals surface area contributed by atoms with Crippen LogP contribution in [0.15, 0.2) is 23.4 Å². The number of rotatable bonds is 5. The number of nitrogens with one attached hydrogen (secondary N) is 1. The Morgan fingerprint density at radius 2 is 2.14 bits per heavy atom. The van der Waals surface area contributed by atoms with Crippen molar-refractivity contribution in [1.82, 2.24) is 5.32 Å². The lowest BCUT2D eigenvalue weighted by molar-refractivity contribution is 0.0695. The van der Waals surface area contributed by atoms with Gasteiger partial charge in [0, 0.05) is 18.7 Å². The summed E-state index contributed by atoms with van der Waals surface area (Å²) < 4.78 is 13.3. The minimum atomic E-state index is -0.428. The van der Waals surface area contributed by atoms with E-state index < -0.39 is 5.82 Å². The highest BCUT2D eigenvalue weighted by atomic mass is 19.1. The van der Waals surface area contributed by atoms with Crippen molar-refractivity contribution in [3.05, 3.63) is 35.1 Å². The number of halogens is 1. The van der Waals surface area contributed by atoms with Crippen LogP contribution in [0.4, 0.5) is 4.39 Å². The van der Waals surface area contributed by atoms with Crippen LogP contribution in [0.5, 0.6) is 0 Å². The van der Waals surface area contributed by atoms with Crippen LogP contribution in [0.25, 0.3) is 0 Å². The molecule has 2 rings (SSSR count). The maximum Gasteiger partial charge on any atom is 0.170 e. The van der Waals surface area contributed by atoms with Crippen LogP contribution in [0, 0.1) is 11.7 Å². The molecular weight excluding hydrogens is 273 g/mol. The Morgan fingerprint density at radius 3 is 2.86 bits per heavy atom. The molecule has 0 heterocycles. The first kappa shape index (κ1) is 15.7. The van der Waals surface area contributed by atoms with Crippen LogP contribution in [0.2, 0.25) is 0 Å². The lowest BCUT2D eigenvalue weighted by Gasteiger charge is -2.27. The zero-order valence-corrected chi connectivity index (χ0v) is 11.9. The van der Waals surface area contributed by atoms with Crippen LogP contribution >= 0.6 is 0 Å². The van der Waals surface area contributed by atoms with Gasteiger partial charge in [0.25, 0.3) is 0 Å². The van der Waals surface area contributed by atoms with Crippen molar-refractivity contribution in [3.63, 3.8) is 0 Å². The van der Waals surface area contributed by atoms with Crippen LogP contribution in [-0.4, -0.2) is 28.8 Å². The average molecular weight is 295 g/mol. The van der Waals surface area contributed by atoms with E-state index in [1.165, 1.54) is 12.1 Å². The zero-order chi connectivity index (χ0) is 15.2. The molecule has 116 valence electrons. The van der Waals surface area contributed by atoms with Gasteiger partial charge in [-0.25, -0.2) is 4.39 Å². The van der Waals surface area contributed by atoms with Crippen molar-refractivity contribution in [2.45, 2.75) is 38.3 Å². The minimum absolute atomic E-state index is 0.107. The molecule has 0 radical (unpaired) electrons. The van der Waals surface area contributed by atoms with Gasteiger partial charge in [-0.05, 0) is 36.5 Å². The summed E-state index contributed by atoms with van der Waals surface area (Å²) in [4.78, 5) is 0. The summed E-state index contributed by atoms with van der Waals surface area (Å²) in [6.07, 6.45) is 3.87. The highest BCUT2D eigenvalue weighted by Crippen LogP contribution is 2.23. The second kappa shape index (κ2) is 7.38. The topological polar surface area (TPSA) is 90.9 Å². The zero-order valence-electron chi connectivity index (χ0n) is 11.9. The summed E-state index contributed by atoms with van der Waals surface area (Å²) in [7, 11) is 0. The normalized spacial score (nSPS) is 23.2. The van der Waals surface area contributed by atoms with E-state index in [9.17, 15) is 9.50 Å². The lowest BCUT2D eigenvalue weighted by Crippen LogP contribution is -2.34. The fourth-order valence-electron chi connectivity index (χ4n) is 2.81. The molecule has 1 aromatic carbocycles. The quantitative estimate of drug-likeness (QED) is 0.287. The van der Waals surface area contributed by atoms with Gasteiger partial charge < -0.3 is 21.4 Å². The van der Waals surface area contributed by atoms with E-state index in [0.29, 0.717) is 18.7 Å².